The molecule has 0 bridgehead atoms. The van der Waals surface area contributed by atoms with Crippen molar-refractivity contribution in [3.63, 3.8) is 0 Å². The van der Waals surface area contributed by atoms with E-state index in [1.807, 2.05) is 12.1 Å². The minimum Gasteiger partial charge on any atom is -0.398 e. The first-order chi connectivity index (χ1) is 6.65. The highest BCUT2D eigenvalue weighted by Gasteiger charge is 2.07. The lowest BCUT2D eigenvalue weighted by atomic mass is 9.93. The predicted molar refractivity (Wildman–Crippen MR) is 63.4 cm³/mol. The van der Waals surface area contributed by atoms with Gasteiger partial charge in [-0.25, -0.2) is 0 Å². The molecule has 0 heterocycles. The van der Waals surface area contributed by atoms with E-state index in [-0.39, 0.29) is 0 Å². The van der Waals surface area contributed by atoms with Gasteiger partial charge in [0.2, 0.25) is 0 Å². The van der Waals surface area contributed by atoms with Crippen LogP contribution in [0.2, 0.25) is 0 Å². The summed E-state index contributed by atoms with van der Waals surface area (Å²) in [4.78, 5) is 0. The van der Waals surface area contributed by atoms with Gasteiger partial charge in [-0.2, -0.15) is 0 Å². The van der Waals surface area contributed by atoms with E-state index in [0.717, 1.165) is 18.0 Å². The Hall–Kier alpha value is -0.980. The molecular formula is C13H21N. The number of anilines is 1. The maximum atomic E-state index is 5.97. The van der Waals surface area contributed by atoms with Crippen molar-refractivity contribution in [3.8, 4) is 0 Å². The van der Waals surface area contributed by atoms with Gasteiger partial charge in [0.15, 0.2) is 0 Å². The molecule has 0 amide bonds. The van der Waals surface area contributed by atoms with Crippen molar-refractivity contribution < 1.29 is 0 Å². The molecule has 1 unspecified atom stereocenters. The first-order valence-corrected chi connectivity index (χ1v) is 5.49. The fourth-order valence-corrected chi connectivity index (χ4v) is 1.95. The Morgan fingerprint density at radius 3 is 2.64 bits per heavy atom. The van der Waals surface area contributed by atoms with E-state index in [9.17, 15) is 0 Å². The molecule has 0 saturated heterocycles. The molecule has 0 aliphatic rings. The summed E-state index contributed by atoms with van der Waals surface area (Å²) in [5.41, 5.74) is 9.59. The summed E-state index contributed by atoms with van der Waals surface area (Å²) >= 11 is 0. The molecule has 0 saturated carbocycles. The van der Waals surface area contributed by atoms with E-state index >= 15 is 0 Å². The lowest BCUT2D eigenvalue weighted by Crippen LogP contribution is -2.04. The van der Waals surface area contributed by atoms with Gasteiger partial charge in [-0.15, -0.1) is 0 Å². The largest absolute Gasteiger partial charge is 0.398 e. The van der Waals surface area contributed by atoms with Crippen molar-refractivity contribution in [3.05, 3.63) is 29.3 Å². The third-order valence-corrected chi connectivity index (χ3v) is 2.78. The van der Waals surface area contributed by atoms with Crippen LogP contribution in [0.5, 0.6) is 0 Å². The van der Waals surface area contributed by atoms with Crippen molar-refractivity contribution in [2.45, 2.75) is 40.0 Å². The van der Waals surface area contributed by atoms with Gasteiger partial charge in [0.25, 0.3) is 0 Å². The first kappa shape index (κ1) is 11.1. The Balaban J connectivity index is 2.75. The quantitative estimate of drug-likeness (QED) is 0.724. The minimum absolute atomic E-state index is 0.739. The molecule has 14 heavy (non-hydrogen) atoms. The summed E-state index contributed by atoms with van der Waals surface area (Å²) < 4.78 is 0. The number of hydrogen-bond acceptors (Lipinski definition) is 1. The second-order valence-corrected chi connectivity index (χ2v) is 4.24. The van der Waals surface area contributed by atoms with Crippen LogP contribution in [-0.2, 0) is 6.42 Å². The number of hydrogen-bond donors (Lipinski definition) is 1. The summed E-state index contributed by atoms with van der Waals surface area (Å²) in [6, 6.07) is 6.17. The summed E-state index contributed by atoms with van der Waals surface area (Å²) in [6.45, 7) is 6.68. The van der Waals surface area contributed by atoms with Gasteiger partial charge in [-0.3, -0.25) is 0 Å². The molecular weight excluding hydrogens is 170 g/mol. The van der Waals surface area contributed by atoms with E-state index in [1.165, 1.54) is 24.0 Å². The van der Waals surface area contributed by atoms with Crippen molar-refractivity contribution >= 4 is 5.69 Å². The molecule has 0 aliphatic carbocycles. The molecule has 0 spiro atoms. The first-order valence-electron chi connectivity index (χ1n) is 5.49. The molecule has 1 aromatic rings. The second-order valence-electron chi connectivity index (χ2n) is 4.24. The van der Waals surface area contributed by atoms with Crippen LogP contribution < -0.4 is 5.73 Å². The molecule has 2 N–H and O–H groups in total. The number of nitrogen functional groups attached to an aromatic ring is 1. The van der Waals surface area contributed by atoms with E-state index in [2.05, 4.69) is 26.8 Å². The molecule has 1 heteroatoms. The van der Waals surface area contributed by atoms with Gasteiger partial charge in [0, 0.05) is 5.69 Å². The molecule has 0 fully saturated rings. The molecule has 1 aromatic carbocycles. The SMILES string of the molecule is CCCC(C)Cc1c(C)cccc1N. The maximum Gasteiger partial charge on any atom is 0.0349 e. The lowest BCUT2D eigenvalue weighted by molar-refractivity contribution is 0.522. The number of aryl methyl sites for hydroxylation is 1. The molecule has 1 nitrogen and oxygen atoms in total. The second kappa shape index (κ2) is 5.04. The fourth-order valence-electron chi connectivity index (χ4n) is 1.95. The maximum absolute atomic E-state index is 5.97. The van der Waals surface area contributed by atoms with Gasteiger partial charge >= 0.3 is 0 Å². The summed E-state index contributed by atoms with van der Waals surface area (Å²) in [5, 5.41) is 0. The Morgan fingerprint density at radius 1 is 1.36 bits per heavy atom. The van der Waals surface area contributed by atoms with E-state index in [0.29, 0.717) is 0 Å². The number of rotatable bonds is 4. The van der Waals surface area contributed by atoms with Crippen molar-refractivity contribution in [1.82, 2.24) is 0 Å². The van der Waals surface area contributed by atoms with Gasteiger partial charge < -0.3 is 5.73 Å². The van der Waals surface area contributed by atoms with E-state index in [1.54, 1.807) is 0 Å². The van der Waals surface area contributed by atoms with Crippen LogP contribution in [0.3, 0.4) is 0 Å². The zero-order chi connectivity index (χ0) is 10.6. The lowest BCUT2D eigenvalue weighted by Gasteiger charge is -2.14. The van der Waals surface area contributed by atoms with Crippen LogP contribution in [0.25, 0.3) is 0 Å². The normalized spacial score (nSPS) is 12.8. The molecule has 1 rings (SSSR count). The predicted octanol–water partition coefficient (Wildman–Crippen LogP) is 3.56. The molecule has 0 aromatic heterocycles. The Labute approximate surface area is 87.3 Å². The molecule has 0 radical (unpaired) electrons. The summed E-state index contributed by atoms with van der Waals surface area (Å²) in [5.74, 6) is 0.739. The van der Waals surface area contributed by atoms with Crippen molar-refractivity contribution in [2.24, 2.45) is 5.92 Å². The highest BCUT2D eigenvalue weighted by atomic mass is 14.6. The zero-order valence-corrected chi connectivity index (χ0v) is 9.51. The summed E-state index contributed by atoms with van der Waals surface area (Å²) in [6.07, 6.45) is 3.66. The fraction of sp³-hybridized carbons (Fsp3) is 0.538. The number of nitrogens with two attached hydrogens (primary N) is 1. The van der Waals surface area contributed by atoms with Crippen LogP contribution >= 0.6 is 0 Å². The average molecular weight is 191 g/mol. The third-order valence-electron chi connectivity index (χ3n) is 2.78. The summed E-state index contributed by atoms with van der Waals surface area (Å²) in [7, 11) is 0. The van der Waals surface area contributed by atoms with Crippen molar-refractivity contribution in [1.29, 1.82) is 0 Å². The molecule has 78 valence electrons. The smallest absolute Gasteiger partial charge is 0.0349 e. The highest BCUT2D eigenvalue weighted by molar-refractivity contribution is 5.50. The van der Waals surface area contributed by atoms with Gasteiger partial charge in [-0.1, -0.05) is 38.8 Å². The van der Waals surface area contributed by atoms with Gasteiger partial charge in [0.1, 0.15) is 0 Å². The third kappa shape index (κ3) is 2.76. The highest BCUT2D eigenvalue weighted by Crippen LogP contribution is 2.21. The number of benzene rings is 1. The van der Waals surface area contributed by atoms with Gasteiger partial charge in [-0.05, 0) is 36.5 Å². The van der Waals surface area contributed by atoms with Crippen LogP contribution in [-0.4, -0.2) is 0 Å². The molecule has 1 atom stereocenters. The topological polar surface area (TPSA) is 26.0 Å². The minimum atomic E-state index is 0.739. The van der Waals surface area contributed by atoms with Gasteiger partial charge in [0.05, 0.1) is 0 Å². The van der Waals surface area contributed by atoms with Crippen molar-refractivity contribution in [2.75, 3.05) is 5.73 Å². The van der Waals surface area contributed by atoms with E-state index in [4.69, 9.17) is 5.73 Å². The van der Waals surface area contributed by atoms with Crippen LogP contribution in [0.4, 0.5) is 5.69 Å². The van der Waals surface area contributed by atoms with Crippen LogP contribution in [0, 0.1) is 12.8 Å². The van der Waals surface area contributed by atoms with Crippen LogP contribution in [0.1, 0.15) is 37.8 Å². The molecule has 0 aliphatic heterocycles. The van der Waals surface area contributed by atoms with E-state index < -0.39 is 0 Å². The zero-order valence-electron chi connectivity index (χ0n) is 9.51. The Kier molecular flexibility index (Phi) is 3.99. The van der Waals surface area contributed by atoms with Crippen LogP contribution in [0.15, 0.2) is 18.2 Å². The Morgan fingerprint density at radius 2 is 2.07 bits per heavy atom. The average Bonchev–Trinajstić information content (AvgIpc) is 2.12. The monoisotopic (exact) mass is 191 g/mol. The standard InChI is InChI=1S/C13H21N/c1-4-6-10(2)9-12-11(3)7-5-8-13(12)14/h5,7-8,10H,4,6,9,14H2,1-3H3. The Bertz CT molecular complexity index is 271.